The Morgan fingerprint density at radius 3 is 1.25 bits per heavy atom. The Kier molecular flexibility index (Phi) is 21.8. The Bertz CT molecular complexity index is 6.00. The summed E-state index contributed by atoms with van der Waals surface area (Å²) >= 11 is 0. The molecule has 0 amide bonds. The fourth-order valence-corrected chi connectivity index (χ4v) is 0. The summed E-state index contributed by atoms with van der Waals surface area (Å²) in [4.78, 5) is 0. The third kappa shape index (κ3) is 26.1. The minimum atomic E-state index is 0. The molecule has 2 heteroatoms. The van der Waals surface area contributed by atoms with Crippen molar-refractivity contribution in [2.45, 2.75) is 0 Å². The molecule has 0 unspecified atom stereocenters. The molecule has 0 heterocycles. The van der Waals surface area contributed by atoms with Crippen LogP contribution >= 0.6 is 17.0 Å². The summed E-state index contributed by atoms with van der Waals surface area (Å²) in [6.07, 6.45) is 0. The molecule has 0 aromatic heterocycles. The average molecular weight is 127 g/mol. The fourth-order valence-electron chi connectivity index (χ4n) is 0. The molecule has 0 rings (SSSR count). The van der Waals surface area contributed by atoms with Gasteiger partial charge in [-0.15, -0.1) is 17.0 Å². The van der Waals surface area contributed by atoms with Gasteiger partial charge in [-0.25, -0.2) is 0 Å². The third-order valence-corrected chi connectivity index (χ3v) is 0. The zero-order valence-corrected chi connectivity index (χ0v) is 4.53. The first-order valence-electron chi connectivity index (χ1n) is 0.816. The summed E-state index contributed by atoms with van der Waals surface area (Å²) in [5.41, 5.74) is 0. The van der Waals surface area contributed by atoms with Crippen LogP contribution in [0.1, 0.15) is 0 Å². The van der Waals surface area contributed by atoms with E-state index in [0.29, 0.717) is 0 Å². The fraction of sp³-hybridized carbons (Fsp3) is 1.00. The lowest BCUT2D eigenvalue weighted by molar-refractivity contribution is 0.277. The van der Waals surface area contributed by atoms with Crippen molar-refractivity contribution < 1.29 is 4.74 Å². The van der Waals surface area contributed by atoms with Crippen molar-refractivity contribution in [1.29, 1.82) is 0 Å². The topological polar surface area (TPSA) is 9.23 Å². The van der Waals surface area contributed by atoms with E-state index in [1.54, 1.807) is 14.2 Å². The van der Waals surface area contributed by atoms with E-state index in [2.05, 4.69) is 4.74 Å². The molecule has 0 aliphatic heterocycles. The average Bonchev–Trinajstić information content (AvgIpc) is 0.918. The predicted octanol–water partition coefficient (Wildman–Crippen LogP) is 0.841. The van der Waals surface area contributed by atoms with E-state index in [4.69, 9.17) is 0 Å². The van der Waals surface area contributed by atoms with Crippen molar-refractivity contribution in [3.63, 3.8) is 0 Å². The van der Waals surface area contributed by atoms with Gasteiger partial charge in [0.2, 0.25) is 0 Å². The van der Waals surface area contributed by atoms with Gasteiger partial charge in [0.1, 0.15) is 0 Å². The molecule has 0 atom stereocenters. The third-order valence-electron chi connectivity index (χ3n) is 0. The minimum absolute atomic E-state index is 0. The maximum absolute atomic E-state index is 4.25. The molecule has 0 radical (unpaired) electrons. The van der Waals surface area contributed by atoms with Crippen LogP contribution in [0.4, 0.5) is 0 Å². The van der Waals surface area contributed by atoms with Gasteiger partial charge in [0.05, 0.1) is 0 Å². The van der Waals surface area contributed by atoms with Crippen molar-refractivity contribution in [3.05, 3.63) is 0 Å². The first kappa shape index (κ1) is 8.83. The van der Waals surface area contributed by atoms with E-state index in [1.807, 2.05) is 0 Å². The molecule has 4 heavy (non-hydrogen) atoms. The molecule has 0 fully saturated rings. The van der Waals surface area contributed by atoms with Crippen LogP contribution in [0, 0.1) is 0 Å². The van der Waals surface area contributed by atoms with Gasteiger partial charge >= 0.3 is 0 Å². The monoisotopic (exact) mass is 126 g/mol. The predicted molar refractivity (Wildman–Crippen MR) is 23.3 cm³/mol. The molecular formula is C2H7BrO. The second-order valence-corrected chi connectivity index (χ2v) is 0.408. The highest BCUT2D eigenvalue weighted by atomic mass is 79.9. The standard InChI is InChI=1S/C2H6O.BrH/c1-3-2;/h1-2H3;1H. The second-order valence-electron chi connectivity index (χ2n) is 0.408. The molecule has 0 saturated heterocycles. The number of halogens is 1. The van der Waals surface area contributed by atoms with E-state index >= 15 is 0 Å². The van der Waals surface area contributed by atoms with E-state index in [9.17, 15) is 0 Å². The van der Waals surface area contributed by atoms with Crippen LogP contribution in [-0.2, 0) is 4.74 Å². The highest BCUT2D eigenvalue weighted by molar-refractivity contribution is 8.93. The van der Waals surface area contributed by atoms with Gasteiger partial charge in [-0.3, -0.25) is 0 Å². The Hall–Kier alpha value is 0.440. The number of ether oxygens (including phenoxy) is 1. The van der Waals surface area contributed by atoms with Crippen molar-refractivity contribution >= 4 is 17.0 Å². The van der Waals surface area contributed by atoms with Crippen LogP contribution < -0.4 is 0 Å². The van der Waals surface area contributed by atoms with Crippen molar-refractivity contribution in [3.8, 4) is 0 Å². The van der Waals surface area contributed by atoms with Crippen LogP contribution in [0.25, 0.3) is 0 Å². The smallest absolute Gasteiger partial charge is 0.0351 e. The molecular weight excluding hydrogens is 120 g/mol. The lowest BCUT2D eigenvalue weighted by Gasteiger charge is -1.61. The largest absolute Gasteiger partial charge is 0.388 e. The van der Waals surface area contributed by atoms with Gasteiger partial charge in [0.25, 0.3) is 0 Å². The van der Waals surface area contributed by atoms with Gasteiger partial charge in [0, 0.05) is 14.2 Å². The van der Waals surface area contributed by atoms with Gasteiger partial charge < -0.3 is 4.74 Å². The molecule has 0 aromatic rings. The number of hydrogen-bond donors (Lipinski definition) is 0. The Morgan fingerprint density at radius 2 is 1.25 bits per heavy atom. The molecule has 0 saturated carbocycles. The number of methoxy groups -OCH3 is 1. The Morgan fingerprint density at radius 1 is 1.25 bits per heavy atom. The molecule has 0 spiro atoms. The van der Waals surface area contributed by atoms with Gasteiger partial charge in [0.15, 0.2) is 0 Å². The van der Waals surface area contributed by atoms with E-state index < -0.39 is 0 Å². The van der Waals surface area contributed by atoms with Gasteiger partial charge in [-0.2, -0.15) is 0 Å². The van der Waals surface area contributed by atoms with E-state index in [0.717, 1.165) is 0 Å². The van der Waals surface area contributed by atoms with E-state index in [-0.39, 0.29) is 17.0 Å². The lowest BCUT2D eigenvalue weighted by atomic mass is 11.6. The molecule has 1 nitrogen and oxygen atoms in total. The highest BCUT2D eigenvalue weighted by Crippen LogP contribution is 1.28. The molecule has 0 aromatic carbocycles. The Balaban J connectivity index is 0. The molecule has 0 aliphatic rings. The molecule has 0 N–H and O–H groups in total. The van der Waals surface area contributed by atoms with Crippen LogP contribution in [0.15, 0.2) is 0 Å². The number of hydrogen-bond acceptors (Lipinski definition) is 1. The summed E-state index contributed by atoms with van der Waals surface area (Å²) in [6.45, 7) is 0. The van der Waals surface area contributed by atoms with Crippen molar-refractivity contribution in [2.24, 2.45) is 0 Å². The zero-order valence-electron chi connectivity index (χ0n) is 2.82. The minimum Gasteiger partial charge on any atom is -0.388 e. The molecule has 0 bridgehead atoms. The maximum atomic E-state index is 4.25. The first-order valence-corrected chi connectivity index (χ1v) is 0.816. The summed E-state index contributed by atoms with van der Waals surface area (Å²) in [6, 6.07) is 0. The van der Waals surface area contributed by atoms with Crippen molar-refractivity contribution in [1.82, 2.24) is 0 Å². The molecule has 0 aliphatic carbocycles. The lowest BCUT2D eigenvalue weighted by Crippen LogP contribution is -1.55. The van der Waals surface area contributed by atoms with E-state index in [1.165, 1.54) is 0 Å². The molecule has 28 valence electrons. The summed E-state index contributed by atoms with van der Waals surface area (Å²) in [7, 11) is 3.25. The second kappa shape index (κ2) is 9.88. The highest BCUT2D eigenvalue weighted by Gasteiger charge is 1.25. The van der Waals surface area contributed by atoms with Crippen LogP contribution in [0.2, 0.25) is 0 Å². The SMILES string of the molecule is Br.COC. The quantitative estimate of drug-likeness (QED) is 0.468. The van der Waals surface area contributed by atoms with Crippen molar-refractivity contribution in [2.75, 3.05) is 14.2 Å². The maximum Gasteiger partial charge on any atom is 0.0351 e. The zero-order chi connectivity index (χ0) is 2.71. The van der Waals surface area contributed by atoms with Crippen LogP contribution in [0.5, 0.6) is 0 Å². The Labute approximate surface area is 36.7 Å². The summed E-state index contributed by atoms with van der Waals surface area (Å²) in [5.74, 6) is 0. The number of rotatable bonds is 0. The van der Waals surface area contributed by atoms with Gasteiger partial charge in [-0.1, -0.05) is 0 Å². The van der Waals surface area contributed by atoms with Gasteiger partial charge in [-0.05, 0) is 0 Å². The normalized spacial score (nSPS) is 4.50. The summed E-state index contributed by atoms with van der Waals surface area (Å²) < 4.78 is 4.25. The van der Waals surface area contributed by atoms with Crippen LogP contribution in [0.3, 0.4) is 0 Å². The van der Waals surface area contributed by atoms with Crippen LogP contribution in [-0.4, -0.2) is 14.2 Å². The summed E-state index contributed by atoms with van der Waals surface area (Å²) in [5, 5.41) is 0. The first-order chi connectivity index (χ1) is 1.41.